The predicted molar refractivity (Wildman–Crippen MR) is 103 cm³/mol. The van der Waals surface area contributed by atoms with Crippen LogP contribution in [0.4, 0.5) is 0 Å². The van der Waals surface area contributed by atoms with Gasteiger partial charge in [-0.3, -0.25) is 4.79 Å². The highest BCUT2D eigenvalue weighted by atomic mass is 32.2. The number of likely N-dealkylation sites (tertiary alicyclic amines) is 1. The molecular formula is C21H25NO3S. The topological polar surface area (TPSA) is 54.5 Å². The third kappa shape index (κ3) is 3.83. The van der Waals surface area contributed by atoms with Crippen LogP contribution in [-0.2, 0) is 9.84 Å². The third-order valence-electron chi connectivity index (χ3n) is 5.20. The average molecular weight is 372 g/mol. The summed E-state index contributed by atoms with van der Waals surface area (Å²) in [6.07, 6.45) is 4.08. The van der Waals surface area contributed by atoms with Crippen molar-refractivity contribution in [1.82, 2.24) is 4.90 Å². The van der Waals surface area contributed by atoms with Crippen molar-refractivity contribution in [3.05, 3.63) is 65.7 Å². The van der Waals surface area contributed by atoms with Crippen molar-refractivity contribution >= 4 is 15.7 Å². The lowest BCUT2D eigenvalue weighted by atomic mass is 9.87. The lowest BCUT2D eigenvalue weighted by Gasteiger charge is -2.32. The zero-order valence-electron chi connectivity index (χ0n) is 15.3. The molecule has 3 rings (SSSR count). The predicted octanol–water partition coefficient (Wildman–Crippen LogP) is 3.89. The highest BCUT2D eigenvalue weighted by Crippen LogP contribution is 2.34. The standard InChI is InChI=1S/C21H25NO3S/c1-3-19(16-9-5-4-6-10-16)20-13-8-14-22(20)21(23)17-11-7-12-18(15-17)26(2,24)25/h4-7,9-12,15,19-20H,3,8,13-14H2,1-2H3/t19-,20-/m0/s1. The molecule has 0 spiro atoms. The molecule has 2 atom stereocenters. The number of hydrogen-bond donors (Lipinski definition) is 0. The van der Waals surface area contributed by atoms with E-state index in [1.807, 2.05) is 23.1 Å². The second-order valence-electron chi connectivity index (χ2n) is 6.93. The fourth-order valence-electron chi connectivity index (χ4n) is 3.92. The molecule has 1 saturated heterocycles. The van der Waals surface area contributed by atoms with E-state index in [2.05, 4.69) is 19.1 Å². The first-order chi connectivity index (χ1) is 12.4. The van der Waals surface area contributed by atoms with Gasteiger partial charge in [0, 0.05) is 30.3 Å². The number of amides is 1. The second kappa shape index (κ2) is 7.62. The molecule has 2 aromatic rings. The summed E-state index contributed by atoms with van der Waals surface area (Å²) in [5.41, 5.74) is 1.70. The molecule has 1 heterocycles. The monoisotopic (exact) mass is 371 g/mol. The molecule has 0 aliphatic carbocycles. The van der Waals surface area contributed by atoms with Crippen molar-refractivity contribution in [2.45, 2.75) is 43.0 Å². The molecule has 26 heavy (non-hydrogen) atoms. The summed E-state index contributed by atoms with van der Waals surface area (Å²) >= 11 is 0. The van der Waals surface area contributed by atoms with Gasteiger partial charge in [0.25, 0.3) is 5.91 Å². The maximum absolute atomic E-state index is 13.1. The van der Waals surface area contributed by atoms with Crippen LogP contribution in [0.25, 0.3) is 0 Å². The van der Waals surface area contributed by atoms with Gasteiger partial charge in [0.2, 0.25) is 0 Å². The van der Waals surface area contributed by atoms with E-state index in [1.165, 1.54) is 17.7 Å². The molecular weight excluding hydrogens is 346 g/mol. The Morgan fingerprint density at radius 3 is 2.54 bits per heavy atom. The number of benzene rings is 2. The maximum Gasteiger partial charge on any atom is 0.254 e. The van der Waals surface area contributed by atoms with Crippen LogP contribution >= 0.6 is 0 Å². The van der Waals surface area contributed by atoms with Crippen LogP contribution in [0.15, 0.2) is 59.5 Å². The first-order valence-electron chi connectivity index (χ1n) is 9.08. The van der Waals surface area contributed by atoms with Crippen molar-refractivity contribution in [1.29, 1.82) is 0 Å². The van der Waals surface area contributed by atoms with Crippen LogP contribution in [-0.4, -0.2) is 38.1 Å². The lowest BCUT2D eigenvalue weighted by Crippen LogP contribution is -2.39. The largest absolute Gasteiger partial charge is 0.335 e. The van der Waals surface area contributed by atoms with Crippen LogP contribution in [0.5, 0.6) is 0 Å². The van der Waals surface area contributed by atoms with Crippen molar-refractivity contribution in [3.8, 4) is 0 Å². The summed E-state index contributed by atoms with van der Waals surface area (Å²) in [4.78, 5) is 15.2. The molecule has 1 aliphatic heterocycles. The fraction of sp³-hybridized carbons (Fsp3) is 0.381. The van der Waals surface area contributed by atoms with E-state index in [1.54, 1.807) is 12.1 Å². The van der Waals surface area contributed by atoms with Crippen molar-refractivity contribution in [3.63, 3.8) is 0 Å². The van der Waals surface area contributed by atoms with Gasteiger partial charge in [-0.25, -0.2) is 8.42 Å². The minimum Gasteiger partial charge on any atom is -0.335 e. The van der Waals surface area contributed by atoms with Crippen LogP contribution in [0.1, 0.15) is 48.0 Å². The second-order valence-corrected chi connectivity index (χ2v) is 8.95. The number of carbonyl (C=O) groups is 1. The molecule has 0 unspecified atom stereocenters. The Morgan fingerprint density at radius 1 is 1.15 bits per heavy atom. The van der Waals surface area contributed by atoms with Gasteiger partial charge in [0.1, 0.15) is 0 Å². The van der Waals surface area contributed by atoms with Crippen LogP contribution in [0.3, 0.4) is 0 Å². The van der Waals surface area contributed by atoms with Gasteiger partial charge in [-0.1, -0.05) is 43.3 Å². The number of sulfone groups is 1. The van der Waals surface area contributed by atoms with Crippen molar-refractivity contribution < 1.29 is 13.2 Å². The lowest BCUT2D eigenvalue weighted by molar-refractivity contribution is 0.0714. The molecule has 0 radical (unpaired) electrons. The van der Waals surface area contributed by atoms with Crippen molar-refractivity contribution in [2.75, 3.05) is 12.8 Å². The van der Waals surface area contributed by atoms with Crippen LogP contribution in [0.2, 0.25) is 0 Å². The number of hydrogen-bond acceptors (Lipinski definition) is 3. The number of rotatable bonds is 5. The van der Waals surface area contributed by atoms with Gasteiger partial charge in [0.15, 0.2) is 9.84 Å². The summed E-state index contributed by atoms with van der Waals surface area (Å²) in [7, 11) is -3.33. The zero-order chi connectivity index (χ0) is 18.7. The fourth-order valence-corrected chi connectivity index (χ4v) is 4.59. The average Bonchev–Trinajstić information content (AvgIpc) is 3.11. The molecule has 4 nitrogen and oxygen atoms in total. The van der Waals surface area contributed by atoms with Crippen molar-refractivity contribution in [2.24, 2.45) is 0 Å². The van der Waals surface area contributed by atoms with E-state index in [-0.39, 0.29) is 16.8 Å². The van der Waals surface area contributed by atoms with E-state index >= 15 is 0 Å². The SMILES string of the molecule is CC[C@@H](c1ccccc1)[C@@H]1CCCN1C(=O)c1cccc(S(C)(=O)=O)c1. The Balaban J connectivity index is 1.89. The van der Waals surface area contributed by atoms with Gasteiger partial charge in [-0.15, -0.1) is 0 Å². The van der Waals surface area contributed by atoms with Gasteiger partial charge in [-0.2, -0.15) is 0 Å². The Morgan fingerprint density at radius 2 is 1.88 bits per heavy atom. The Kier molecular flexibility index (Phi) is 5.47. The summed E-state index contributed by atoms with van der Waals surface area (Å²) in [6, 6.07) is 16.9. The Labute approximate surface area is 155 Å². The van der Waals surface area contributed by atoms with Gasteiger partial charge >= 0.3 is 0 Å². The molecule has 5 heteroatoms. The quantitative estimate of drug-likeness (QED) is 0.801. The number of nitrogens with zero attached hydrogens (tertiary/aromatic N) is 1. The first kappa shape index (κ1) is 18.6. The molecule has 0 N–H and O–H groups in total. The minimum atomic E-state index is -3.33. The van der Waals surface area contributed by atoms with Crippen LogP contribution < -0.4 is 0 Å². The van der Waals surface area contributed by atoms with E-state index < -0.39 is 9.84 Å². The van der Waals surface area contributed by atoms with Crippen LogP contribution in [0, 0.1) is 0 Å². The molecule has 0 bridgehead atoms. The van der Waals surface area contributed by atoms with Gasteiger partial charge in [0.05, 0.1) is 4.90 Å². The van der Waals surface area contributed by atoms with E-state index in [4.69, 9.17) is 0 Å². The highest BCUT2D eigenvalue weighted by molar-refractivity contribution is 7.90. The number of carbonyl (C=O) groups excluding carboxylic acids is 1. The van der Waals surface area contributed by atoms with E-state index in [0.717, 1.165) is 32.1 Å². The van der Waals surface area contributed by atoms with Gasteiger partial charge < -0.3 is 4.90 Å². The molecule has 138 valence electrons. The summed E-state index contributed by atoms with van der Waals surface area (Å²) < 4.78 is 23.6. The molecule has 1 amide bonds. The summed E-state index contributed by atoms with van der Waals surface area (Å²) in [5.74, 6) is 0.216. The summed E-state index contributed by atoms with van der Waals surface area (Å²) in [5, 5.41) is 0. The van der Waals surface area contributed by atoms with E-state index in [0.29, 0.717) is 11.5 Å². The smallest absolute Gasteiger partial charge is 0.254 e. The Bertz CT molecular complexity index is 877. The molecule has 0 saturated carbocycles. The minimum absolute atomic E-state index is 0.0765. The van der Waals surface area contributed by atoms with E-state index in [9.17, 15) is 13.2 Å². The third-order valence-corrected chi connectivity index (χ3v) is 6.31. The Hall–Kier alpha value is -2.14. The molecule has 1 fully saturated rings. The molecule has 2 aromatic carbocycles. The first-order valence-corrected chi connectivity index (χ1v) is 11.0. The normalized spacial score (nSPS) is 18.7. The highest BCUT2D eigenvalue weighted by Gasteiger charge is 2.35. The maximum atomic E-state index is 13.1. The zero-order valence-corrected chi connectivity index (χ0v) is 16.1. The molecule has 1 aliphatic rings. The summed E-state index contributed by atoms with van der Waals surface area (Å²) in [6.45, 7) is 2.87. The molecule has 0 aromatic heterocycles. The van der Waals surface area contributed by atoms with Gasteiger partial charge in [-0.05, 0) is 43.0 Å².